The van der Waals surface area contributed by atoms with Gasteiger partial charge < -0.3 is 11.1 Å². The molecule has 0 spiro atoms. The molecule has 3 N–H and O–H groups in total. The zero-order chi connectivity index (χ0) is 17.5. The topological polar surface area (TPSA) is 68.0 Å². The Labute approximate surface area is 157 Å². The highest BCUT2D eigenvalue weighted by molar-refractivity contribution is 7.21. The molecule has 136 valence electrons. The molecule has 5 fully saturated rings. The summed E-state index contributed by atoms with van der Waals surface area (Å²) in [4.78, 5) is 19.1. The third kappa shape index (κ3) is 2.25. The summed E-state index contributed by atoms with van der Waals surface area (Å²) in [5, 5.41) is 4.01. The maximum atomic E-state index is 12.5. The molecule has 1 amide bonds. The number of nitrogens with zero attached hydrogens (tertiary/aromatic N) is 1. The number of rotatable bonds is 3. The van der Waals surface area contributed by atoms with Crippen molar-refractivity contribution in [3.8, 4) is 0 Å². The van der Waals surface area contributed by atoms with E-state index in [-0.39, 0.29) is 11.3 Å². The molecule has 0 saturated heterocycles. The Bertz CT molecular complexity index is 878. The van der Waals surface area contributed by atoms with Gasteiger partial charge in [0.25, 0.3) is 5.91 Å². The second-order valence-corrected chi connectivity index (χ2v) is 10.3. The Morgan fingerprint density at radius 1 is 1.12 bits per heavy atom. The Hall–Kier alpha value is -1.62. The number of hydrogen-bond donors (Lipinski definition) is 2. The lowest BCUT2D eigenvalue weighted by Crippen LogP contribution is -2.48. The molecule has 7 rings (SSSR count). The Morgan fingerprint density at radius 2 is 1.77 bits per heavy atom. The van der Waals surface area contributed by atoms with Crippen molar-refractivity contribution in [3.05, 3.63) is 22.7 Å². The molecule has 2 heterocycles. The number of fused-ring (bicyclic) bond motifs is 1. The van der Waals surface area contributed by atoms with Crippen molar-refractivity contribution in [2.75, 3.05) is 5.73 Å². The molecular weight excluding hydrogens is 342 g/mol. The van der Waals surface area contributed by atoms with E-state index in [0.717, 1.165) is 40.8 Å². The second kappa shape index (κ2) is 5.22. The van der Waals surface area contributed by atoms with Gasteiger partial charge in [0.2, 0.25) is 0 Å². The molecule has 5 aliphatic carbocycles. The number of amides is 1. The van der Waals surface area contributed by atoms with Gasteiger partial charge in [-0.2, -0.15) is 0 Å². The van der Waals surface area contributed by atoms with Gasteiger partial charge in [-0.15, -0.1) is 11.3 Å². The summed E-state index contributed by atoms with van der Waals surface area (Å²) in [6.07, 6.45) is 10.4. The number of pyridine rings is 1. The highest BCUT2D eigenvalue weighted by atomic mass is 32.1. The number of thiophene rings is 1. The molecule has 5 heteroatoms. The quantitative estimate of drug-likeness (QED) is 0.853. The van der Waals surface area contributed by atoms with Gasteiger partial charge in [-0.1, -0.05) is 0 Å². The highest BCUT2D eigenvalue weighted by Gasteiger charge is 2.52. The van der Waals surface area contributed by atoms with Crippen molar-refractivity contribution in [2.24, 2.45) is 17.8 Å². The van der Waals surface area contributed by atoms with Gasteiger partial charge in [0, 0.05) is 22.5 Å². The number of anilines is 1. The van der Waals surface area contributed by atoms with Gasteiger partial charge in [-0.25, -0.2) is 4.98 Å². The smallest absolute Gasteiger partial charge is 0.263 e. The third-order valence-corrected chi connectivity index (χ3v) is 8.41. The number of nitrogens with one attached hydrogen (secondary N) is 1. The fourth-order valence-corrected chi connectivity index (χ4v) is 7.36. The molecular formula is C21H25N3OS. The first-order chi connectivity index (χ1) is 12.6. The Morgan fingerprint density at radius 3 is 2.38 bits per heavy atom. The number of carbonyl (C=O) groups excluding carboxylic acids is 1. The zero-order valence-corrected chi connectivity index (χ0v) is 15.8. The largest absolute Gasteiger partial charge is 0.397 e. The number of nitrogens with two attached hydrogens (primary N) is 1. The van der Waals surface area contributed by atoms with Crippen LogP contribution in [0.3, 0.4) is 0 Å². The predicted molar refractivity (Wildman–Crippen MR) is 104 cm³/mol. The maximum absolute atomic E-state index is 12.5. The van der Waals surface area contributed by atoms with Gasteiger partial charge in [-0.05, 0) is 81.3 Å². The van der Waals surface area contributed by atoms with Crippen LogP contribution in [0.4, 0.5) is 5.69 Å². The molecule has 5 saturated carbocycles. The molecule has 5 aliphatic rings. The number of nitrogen functional groups attached to an aromatic ring is 1. The first-order valence-corrected chi connectivity index (χ1v) is 10.9. The molecule has 0 aromatic carbocycles. The van der Waals surface area contributed by atoms with E-state index in [1.54, 1.807) is 0 Å². The van der Waals surface area contributed by atoms with Crippen LogP contribution < -0.4 is 11.1 Å². The molecule has 2 aromatic rings. The normalized spacial score (nSPS) is 35.2. The van der Waals surface area contributed by atoms with E-state index in [0.29, 0.717) is 16.6 Å². The molecule has 4 nitrogen and oxygen atoms in total. The van der Waals surface area contributed by atoms with Crippen LogP contribution in [0.1, 0.15) is 66.7 Å². The summed E-state index contributed by atoms with van der Waals surface area (Å²) in [6, 6.07) is 4.68. The van der Waals surface area contributed by atoms with Crippen molar-refractivity contribution in [3.63, 3.8) is 0 Å². The highest BCUT2D eigenvalue weighted by Crippen LogP contribution is 2.60. The van der Waals surface area contributed by atoms with Crippen LogP contribution in [-0.4, -0.2) is 16.9 Å². The van der Waals surface area contributed by atoms with Crippen LogP contribution >= 0.6 is 11.3 Å². The average Bonchev–Trinajstić information content (AvgIpc) is 3.35. The molecule has 0 aliphatic heterocycles. The fourth-order valence-electron chi connectivity index (χ4n) is 6.36. The Balaban J connectivity index is 1.39. The molecule has 26 heavy (non-hydrogen) atoms. The van der Waals surface area contributed by atoms with E-state index < -0.39 is 0 Å². The minimum Gasteiger partial charge on any atom is -0.397 e. The summed E-state index contributed by atoms with van der Waals surface area (Å²) in [6.45, 7) is 0. The zero-order valence-electron chi connectivity index (χ0n) is 15.0. The molecule has 2 aromatic heterocycles. The minimum atomic E-state index is -0.0237. The predicted octanol–water partition coefficient (Wildman–Crippen LogP) is 4.24. The number of carbonyl (C=O) groups is 1. The van der Waals surface area contributed by atoms with Gasteiger partial charge in [0.1, 0.15) is 9.71 Å². The van der Waals surface area contributed by atoms with Crippen LogP contribution in [0.15, 0.2) is 12.1 Å². The fraction of sp³-hybridized carbons (Fsp3) is 0.619. The van der Waals surface area contributed by atoms with E-state index in [2.05, 4.69) is 17.4 Å². The van der Waals surface area contributed by atoms with Crippen LogP contribution in [0.25, 0.3) is 10.2 Å². The molecule has 0 radical (unpaired) electrons. The van der Waals surface area contributed by atoms with Crippen LogP contribution in [0.5, 0.6) is 0 Å². The summed E-state index contributed by atoms with van der Waals surface area (Å²) < 4.78 is 0. The van der Waals surface area contributed by atoms with E-state index in [9.17, 15) is 4.79 Å². The third-order valence-electron chi connectivity index (χ3n) is 7.29. The lowest BCUT2D eigenvalue weighted by Gasteiger charge is -2.56. The van der Waals surface area contributed by atoms with Crippen LogP contribution in [-0.2, 0) is 5.41 Å². The van der Waals surface area contributed by atoms with E-state index in [4.69, 9.17) is 10.7 Å². The van der Waals surface area contributed by atoms with Gasteiger partial charge >= 0.3 is 0 Å². The van der Waals surface area contributed by atoms with E-state index in [1.165, 1.54) is 55.6 Å². The van der Waals surface area contributed by atoms with Crippen molar-refractivity contribution < 1.29 is 4.79 Å². The van der Waals surface area contributed by atoms with Crippen molar-refractivity contribution in [2.45, 2.75) is 62.8 Å². The monoisotopic (exact) mass is 367 g/mol. The lowest BCUT2D eigenvalue weighted by atomic mass is 9.49. The summed E-state index contributed by atoms with van der Waals surface area (Å²) >= 11 is 1.47. The first kappa shape index (κ1) is 15.4. The lowest BCUT2D eigenvalue weighted by molar-refractivity contribution is -0.00704. The standard InChI is InChI=1S/C21H25N3OS/c22-17-15-3-4-16(21-8-11-5-12(9-21)7-13(6-11)10-21)24-20(15)26-18(17)19(25)23-14-1-2-14/h3-4,11-14H,1-2,5-10,22H2,(H,23,25). The van der Waals surface area contributed by atoms with Crippen LogP contribution in [0.2, 0.25) is 0 Å². The summed E-state index contributed by atoms with van der Waals surface area (Å²) in [5.74, 6) is 2.70. The molecule has 0 unspecified atom stereocenters. The minimum absolute atomic E-state index is 0.0237. The van der Waals surface area contributed by atoms with Crippen molar-refractivity contribution in [1.82, 2.24) is 10.3 Å². The SMILES string of the molecule is Nc1c(C(=O)NC2CC2)sc2nc(C34CC5CC(CC(C5)C3)C4)ccc12. The summed E-state index contributed by atoms with van der Waals surface area (Å²) in [7, 11) is 0. The van der Waals surface area contributed by atoms with Gasteiger partial charge in [-0.3, -0.25) is 4.79 Å². The number of hydrogen-bond acceptors (Lipinski definition) is 4. The van der Waals surface area contributed by atoms with E-state index >= 15 is 0 Å². The maximum Gasteiger partial charge on any atom is 0.263 e. The van der Waals surface area contributed by atoms with Crippen molar-refractivity contribution in [1.29, 1.82) is 0 Å². The second-order valence-electron chi connectivity index (χ2n) is 9.34. The van der Waals surface area contributed by atoms with Crippen molar-refractivity contribution >= 4 is 33.1 Å². The van der Waals surface area contributed by atoms with Crippen LogP contribution in [0, 0.1) is 17.8 Å². The summed E-state index contributed by atoms with van der Waals surface area (Å²) in [5.41, 5.74) is 8.46. The average molecular weight is 368 g/mol. The van der Waals surface area contributed by atoms with Gasteiger partial charge in [0.15, 0.2) is 0 Å². The van der Waals surface area contributed by atoms with E-state index in [1.807, 2.05) is 0 Å². The molecule has 0 atom stereocenters. The molecule has 4 bridgehead atoms. The first-order valence-electron chi connectivity index (χ1n) is 10.1. The number of aromatic nitrogens is 1. The Kier molecular flexibility index (Phi) is 3.10. The van der Waals surface area contributed by atoms with Gasteiger partial charge in [0.05, 0.1) is 5.69 Å².